The van der Waals surface area contributed by atoms with Gasteiger partial charge in [0.2, 0.25) is 11.8 Å². The van der Waals surface area contributed by atoms with E-state index in [0.29, 0.717) is 52.1 Å². The number of amides is 2. The average molecular weight is 722 g/mol. The van der Waals surface area contributed by atoms with E-state index >= 15 is 0 Å². The van der Waals surface area contributed by atoms with Crippen molar-refractivity contribution in [2.75, 3.05) is 18.4 Å². The number of ketones is 1. The third kappa shape index (κ3) is 6.23. The Morgan fingerprint density at radius 3 is 2.58 bits per heavy atom. The Bertz CT molecular complexity index is 1950. The summed E-state index contributed by atoms with van der Waals surface area (Å²) < 4.78 is 29.8. The number of piperidine rings is 2. The van der Waals surface area contributed by atoms with Crippen LogP contribution in [0.1, 0.15) is 61.4 Å². The molecule has 5 heterocycles. The first-order chi connectivity index (χ1) is 22.8. The van der Waals surface area contributed by atoms with Crippen molar-refractivity contribution in [2.45, 2.75) is 77.6 Å². The van der Waals surface area contributed by atoms with Gasteiger partial charge in [0.15, 0.2) is 5.78 Å². The maximum atomic E-state index is 13.9. The molecule has 1 N–H and O–H groups in total. The van der Waals surface area contributed by atoms with Gasteiger partial charge in [-0.3, -0.25) is 24.0 Å². The molecule has 1 aromatic carbocycles. The maximum absolute atomic E-state index is 13.9. The number of fused-ring (bicyclic) bond motifs is 2. The van der Waals surface area contributed by atoms with Crippen LogP contribution in [0.5, 0.6) is 0 Å². The molecule has 14 heteroatoms. The molecule has 1 aliphatic carbocycles. The van der Waals surface area contributed by atoms with Crippen molar-refractivity contribution in [3.8, 4) is 11.1 Å². The largest absolute Gasteiger partial charge is 0.325 e. The minimum Gasteiger partial charge on any atom is -0.325 e. The van der Waals surface area contributed by atoms with Crippen LogP contribution in [0.4, 0.5) is 14.6 Å². The average Bonchev–Trinajstić information content (AvgIpc) is 3.39. The summed E-state index contributed by atoms with van der Waals surface area (Å²) in [5.74, 6) is -2.59. The number of halogens is 3. The van der Waals surface area contributed by atoms with Gasteiger partial charge in [0.25, 0.3) is 5.92 Å². The SMILES string of the molecule is CC(=O)c1nn(CC(=O)N2[C@H](C(=O)Nc3nc(Br)ccc3C)C[C@@]3(C)C[C@@H]23)c2ccc(-c3cnc(CN4CCCC(F)(F)C4)nc3)cc12. The lowest BCUT2D eigenvalue weighted by atomic mass is 10.0. The number of carbonyl (C=O) groups excluding carboxylic acids is 3. The molecule has 0 radical (unpaired) electrons. The predicted octanol–water partition coefficient (Wildman–Crippen LogP) is 5.41. The molecule has 2 aliphatic heterocycles. The molecule has 250 valence electrons. The third-order valence-corrected chi connectivity index (χ3v) is 10.2. The van der Waals surface area contributed by atoms with Crippen LogP contribution in [0.3, 0.4) is 0 Å². The number of aromatic nitrogens is 5. The Morgan fingerprint density at radius 1 is 1.08 bits per heavy atom. The fourth-order valence-electron chi connectivity index (χ4n) is 7.11. The quantitative estimate of drug-likeness (QED) is 0.189. The summed E-state index contributed by atoms with van der Waals surface area (Å²) in [5.41, 5.74) is 2.95. The molecule has 2 amide bonds. The zero-order valence-corrected chi connectivity index (χ0v) is 28.4. The van der Waals surface area contributed by atoms with Gasteiger partial charge in [-0.2, -0.15) is 5.10 Å². The Morgan fingerprint density at radius 2 is 1.85 bits per heavy atom. The van der Waals surface area contributed by atoms with Crippen molar-refractivity contribution in [3.63, 3.8) is 0 Å². The van der Waals surface area contributed by atoms with Gasteiger partial charge in [-0.1, -0.05) is 19.1 Å². The van der Waals surface area contributed by atoms with Crippen LogP contribution in [0.2, 0.25) is 0 Å². The van der Waals surface area contributed by atoms with E-state index in [9.17, 15) is 23.2 Å². The van der Waals surface area contributed by atoms with E-state index in [1.54, 1.807) is 34.3 Å². The van der Waals surface area contributed by atoms with E-state index in [1.165, 1.54) is 11.6 Å². The number of anilines is 1. The predicted molar refractivity (Wildman–Crippen MR) is 177 cm³/mol. The van der Waals surface area contributed by atoms with Crippen molar-refractivity contribution in [1.82, 2.24) is 34.5 Å². The number of nitrogens with one attached hydrogen (secondary N) is 1. The normalized spacial score (nSPS) is 23.2. The molecule has 7 rings (SSSR count). The van der Waals surface area contributed by atoms with Crippen molar-refractivity contribution in [1.29, 1.82) is 0 Å². The molecular weight excluding hydrogens is 686 g/mol. The van der Waals surface area contributed by atoms with Crippen LogP contribution < -0.4 is 5.32 Å². The molecule has 2 saturated heterocycles. The minimum atomic E-state index is -2.70. The number of Topliss-reactive ketones (excluding diaryl/α,β-unsaturated/α-hetero) is 1. The van der Waals surface area contributed by atoms with E-state index in [1.807, 2.05) is 25.1 Å². The highest BCUT2D eigenvalue weighted by Crippen LogP contribution is 2.59. The summed E-state index contributed by atoms with van der Waals surface area (Å²) in [5, 5.41) is 8.04. The lowest BCUT2D eigenvalue weighted by Gasteiger charge is -2.31. The van der Waals surface area contributed by atoms with Crippen LogP contribution in [0, 0.1) is 12.3 Å². The second-order valence-electron chi connectivity index (χ2n) is 13.5. The minimum absolute atomic E-state index is 0.0487. The third-order valence-electron chi connectivity index (χ3n) is 9.77. The highest BCUT2D eigenvalue weighted by Gasteiger charge is 2.64. The highest BCUT2D eigenvalue weighted by atomic mass is 79.9. The van der Waals surface area contributed by atoms with Gasteiger partial charge in [-0.15, -0.1) is 0 Å². The van der Waals surface area contributed by atoms with Gasteiger partial charge < -0.3 is 10.2 Å². The topological polar surface area (TPSA) is 126 Å². The van der Waals surface area contributed by atoms with Crippen molar-refractivity contribution < 1.29 is 23.2 Å². The molecule has 4 aromatic rings. The molecule has 3 aromatic heterocycles. The number of alkyl halides is 2. The van der Waals surface area contributed by atoms with Gasteiger partial charge in [-0.25, -0.2) is 23.7 Å². The molecule has 0 spiro atoms. The second kappa shape index (κ2) is 12.1. The maximum Gasteiger partial charge on any atom is 0.260 e. The summed E-state index contributed by atoms with van der Waals surface area (Å²) in [6.45, 7) is 5.75. The summed E-state index contributed by atoms with van der Waals surface area (Å²) >= 11 is 3.35. The lowest BCUT2D eigenvalue weighted by Crippen LogP contribution is -2.47. The molecular formula is C34H35BrF2N8O3. The van der Waals surface area contributed by atoms with Crippen molar-refractivity contribution >= 4 is 50.2 Å². The van der Waals surface area contributed by atoms with E-state index in [4.69, 9.17) is 0 Å². The number of benzene rings is 1. The van der Waals surface area contributed by atoms with Crippen molar-refractivity contribution in [3.05, 3.63) is 64.4 Å². The first-order valence-corrected chi connectivity index (χ1v) is 16.8. The van der Waals surface area contributed by atoms with Gasteiger partial charge >= 0.3 is 0 Å². The first kappa shape index (κ1) is 32.4. The van der Waals surface area contributed by atoms with Crippen molar-refractivity contribution in [2.24, 2.45) is 5.41 Å². The number of carbonyl (C=O) groups is 3. The Kier molecular flexibility index (Phi) is 8.14. The Balaban J connectivity index is 1.10. The number of aryl methyl sites for hydroxylation is 1. The molecule has 1 saturated carbocycles. The summed E-state index contributed by atoms with van der Waals surface area (Å²) in [6, 6.07) is 8.42. The van der Waals surface area contributed by atoms with Gasteiger partial charge in [-0.05, 0) is 83.4 Å². The molecule has 48 heavy (non-hydrogen) atoms. The number of pyridine rings is 1. The smallest absolute Gasteiger partial charge is 0.260 e. The summed E-state index contributed by atoms with van der Waals surface area (Å²) in [7, 11) is 0. The van der Waals surface area contributed by atoms with Gasteiger partial charge in [0, 0.05) is 42.7 Å². The van der Waals surface area contributed by atoms with Gasteiger partial charge in [0.1, 0.15) is 34.5 Å². The monoisotopic (exact) mass is 720 g/mol. The van der Waals surface area contributed by atoms with E-state index in [0.717, 1.165) is 17.5 Å². The van der Waals surface area contributed by atoms with E-state index in [2.05, 4.69) is 48.2 Å². The number of hydrogen-bond acceptors (Lipinski definition) is 8. The molecule has 11 nitrogen and oxygen atoms in total. The second-order valence-corrected chi connectivity index (χ2v) is 14.3. The van der Waals surface area contributed by atoms with Gasteiger partial charge in [0.05, 0.1) is 18.6 Å². The number of rotatable bonds is 8. The zero-order chi connectivity index (χ0) is 34.0. The van der Waals surface area contributed by atoms with Crippen LogP contribution in [-0.2, 0) is 22.7 Å². The summed E-state index contributed by atoms with van der Waals surface area (Å²) in [4.78, 5) is 56.7. The number of hydrogen-bond donors (Lipinski definition) is 1. The lowest BCUT2D eigenvalue weighted by molar-refractivity contribution is -0.138. The molecule has 0 bridgehead atoms. The summed E-state index contributed by atoms with van der Waals surface area (Å²) in [6.07, 6.45) is 4.99. The van der Waals surface area contributed by atoms with E-state index in [-0.39, 0.29) is 60.8 Å². The molecule has 3 fully saturated rings. The number of likely N-dealkylation sites (tertiary alicyclic amines) is 2. The molecule has 3 atom stereocenters. The van der Waals surface area contributed by atoms with Crippen LogP contribution in [-0.4, -0.2) is 83.2 Å². The Hall–Kier alpha value is -4.17. The molecule has 3 aliphatic rings. The van der Waals surface area contributed by atoms with Crippen LogP contribution in [0.15, 0.2) is 47.3 Å². The number of nitrogens with zero attached hydrogens (tertiary/aromatic N) is 7. The fraction of sp³-hybridized carbons (Fsp3) is 0.441. The fourth-order valence-corrected chi connectivity index (χ4v) is 7.42. The molecule has 0 unspecified atom stereocenters. The van der Waals surface area contributed by atoms with Crippen LogP contribution >= 0.6 is 15.9 Å². The Labute approximate surface area is 284 Å². The highest BCUT2D eigenvalue weighted by molar-refractivity contribution is 9.10. The van der Waals surface area contributed by atoms with Crippen LogP contribution in [0.25, 0.3) is 22.0 Å². The first-order valence-electron chi connectivity index (χ1n) is 16.0. The van der Waals surface area contributed by atoms with E-state index < -0.39 is 12.0 Å². The zero-order valence-electron chi connectivity index (χ0n) is 26.8. The standard InChI is InChI=1S/C34H35BrF2N8O3/c1-19-5-8-27(35)40-31(19)41-32(48)25-12-33(3)13-26(33)45(25)29(47)17-44-24-7-6-21(11-23(24)30(42-44)20(2)46)22-14-38-28(39-15-22)16-43-10-4-9-34(36,37)18-43/h5-8,11,14-15,25-26H,4,9-10,12-13,16-18H2,1-3H3,(H,40,41,48)/t25-,26+,33-/m0/s1.